The van der Waals surface area contributed by atoms with Crippen molar-refractivity contribution in [3.05, 3.63) is 28.8 Å². The first-order valence-corrected chi connectivity index (χ1v) is 5.81. The summed E-state index contributed by atoms with van der Waals surface area (Å²) in [6.07, 6.45) is 2.33. The van der Waals surface area contributed by atoms with E-state index in [-0.39, 0.29) is 0 Å². The van der Waals surface area contributed by atoms with Gasteiger partial charge in [0.1, 0.15) is 0 Å². The van der Waals surface area contributed by atoms with Gasteiger partial charge in [-0.3, -0.25) is 0 Å². The van der Waals surface area contributed by atoms with Gasteiger partial charge >= 0.3 is 0 Å². The number of hydrogen-bond donors (Lipinski definition) is 1. The van der Waals surface area contributed by atoms with E-state index in [4.69, 9.17) is 17.3 Å². The lowest BCUT2D eigenvalue weighted by molar-refractivity contribution is 0.505. The standard InChI is InChI=1S/C12H17ClN2/c1-9-7-10(13)4-5-12(9)15-6-2-3-11(14)8-15/h4-5,7,11H,2-3,6,8,14H2,1H3. The number of anilines is 1. The molecule has 1 aliphatic heterocycles. The molecule has 15 heavy (non-hydrogen) atoms. The van der Waals surface area contributed by atoms with Gasteiger partial charge in [-0.2, -0.15) is 0 Å². The van der Waals surface area contributed by atoms with Crippen molar-refractivity contribution in [2.75, 3.05) is 18.0 Å². The van der Waals surface area contributed by atoms with Crippen LogP contribution in [0, 0.1) is 6.92 Å². The Kier molecular flexibility index (Phi) is 3.17. The van der Waals surface area contributed by atoms with Crippen LogP contribution in [0.3, 0.4) is 0 Å². The van der Waals surface area contributed by atoms with Gasteiger partial charge in [0.25, 0.3) is 0 Å². The highest BCUT2D eigenvalue weighted by Crippen LogP contribution is 2.25. The molecule has 1 saturated heterocycles. The molecule has 2 nitrogen and oxygen atoms in total. The third kappa shape index (κ3) is 2.44. The Morgan fingerprint density at radius 2 is 2.27 bits per heavy atom. The van der Waals surface area contributed by atoms with Crippen molar-refractivity contribution in [3.8, 4) is 0 Å². The van der Waals surface area contributed by atoms with Crippen LogP contribution in [-0.2, 0) is 0 Å². The number of halogens is 1. The minimum Gasteiger partial charge on any atom is -0.370 e. The molecule has 0 aromatic heterocycles. The van der Waals surface area contributed by atoms with E-state index in [9.17, 15) is 0 Å². The van der Waals surface area contributed by atoms with Gasteiger partial charge in [-0.05, 0) is 43.5 Å². The predicted molar refractivity (Wildman–Crippen MR) is 65.6 cm³/mol. The average Bonchev–Trinajstić information content (AvgIpc) is 2.17. The number of hydrogen-bond acceptors (Lipinski definition) is 2. The normalized spacial score (nSPS) is 21.8. The van der Waals surface area contributed by atoms with Gasteiger partial charge in [0.2, 0.25) is 0 Å². The van der Waals surface area contributed by atoms with Crippen molar-refractivity contribution in [2.45, 2.75) is 25.8 Å². The van der Waals surface area contributed by atoms with Gasteiger partial charge in [-0.25, -0.2) is 0 Å². The van der Waals surface area contributed by atoms with E-state index in [0.717, 1.165) is 24.5 Å². The summed E-state index contributed by atoms with van der Waals surface area (Å²) in [6.45, 7) is 4.17. The molecule has 2 N–H and O–H groups in total. The average molecular weight is 225 g/mol. The summed E-state index contributed by atoms with van der Waals surface area (Å²) in [5.74, 6) is 0. The molecule has 1 unspecified atom stereocenters. The van der Waals surface area contributed by atoms with E-state index >= 15 is 0 Å². The van der Waals surface area contributed by atoms with Crippen molar-refractivity contribution >= 4 is 17.3 Å². The lowest BCUT2D eigenvalue weighted by Crippen LogP contribution is -2.43. The fourth-order valence-corrected chi connectivity index (χ4v) is 2.43. The van der Waals surface area contributed by atoms with Crippen molar-refractivity contribution < 1.29 is 0 Å². The van der Waals surface area contributed by atoms with Crippen LogP contribution < -0.4 is 10.6 Å². The second kappa shape index (κ2) is 4.42. The molecule has 1 fully saturated rings. The third-order valence-electron chi connectivity index (χ3n) is 2.96. The smallest absolute Gasteiger partial charge is 0.0410 e. The van der Waals surface area contributed by atoms with Crippen molar-refractivity contribution in [2.24, 2.45) is 5.73 Å². The second-order valence-electron chi connectivity index (χ2n) is 4.28. The number of nitrogens with zero attached hydrogens (tertiary/aromatic N) is 1. The summed E-state index contributed by atoms with van der Waals surface area (Å²) >= 11 is 5.94. The van der Waals surface area contributed by atoms with Gasteiger partial charge in [-0.15, -0.1) is 0 Å². The highest BCUT2D eigenvalue weighted by molar-refractivity contribution is 6.30. The third-order valence-corrected chi connectivity index (χ3v) is 3.19. The molecule has 82 valence electrons. The summed E-state index contributed by atoms with van der Waals surface area (Å²) in [5, 5.41) is 0.803. The molecule has 0 bridgehead atoms. The van der Waals surface area contributed by atoms with E-state index in [2.05, 4.69) is 17.9 Å². The Morgan fingerprint density at radius 3 is 2.93 bits per heavy atom. The van der Waals surface area contributed by atoms with E-state index in [1.54, 1.807) is 0 Å². The van der Waals surface area contributed by atoms with Gasteiger partial charge in [-0.1, -0.05) is 11.6 Å². The monoisotopic (exact) mass is 224 g/mol. The first-order chi connectivity index (χ1) is 7.16. The summed E-state index contributed by atoms with van der Waals surface area (Å²) in [5.41, 5.74) is 8.48. The first-order valence-electron chi connectivity index (χ1n) is 5.43. The van der Waals surface area contributed by atoms with Crippen LogP contribution in [-0.4, -0.2) is 19.1 Å². The van der Waals surface area contributed by atoms with Gasteiger partial charge in [0.15, 0.2) is 0 Å². The number of aryl methyl sites for hydroxylation is 1. The maximum absolute atomic E-state index is 5.97. The van der Waals surface area contributed by atoms with Crippen LogP contribution in [0.25, 0.3) is 0 Å². The Morgan fingerprint density at radius 1 is 1.47 bits per heavy atom. The molecule has 2 rings (SSSR count). The van der Waals surface area contributed by atoms with Crippen LogP contribution in [0.15, 0.2) is 18.2 Å². The highest BCUT2D eigenvalue weighted by Gasteiger charge is 2.17. The predicted octanol–water partition coefficient (Wildman–Crippen LogP) is 2.58. The zero-order valence-corrected chi connectivity index (χ0v) is 9.80. The van der Waals surface area contributed by atoms with Crippen LogP contribution in [0.5, 0.6) is 0 Å². The van der Waals surface area contributed by atoms with Gasteiger partial charge < -0.3 is 10.6 Å². The largest absolute Gasteiger partial charge is 0.370 e. The van der Waals surface area contributed by atoms with E-state index in [1.807, 2.05) is 12.1 Å². The molecular formula is C12H17ClN2. The number of benzene rings is 1. The van der Waals surface area contributed by atoms with Crippen LogP contribution in [0.1, 0.15) is 18.4 Å². The summed E-state index contributed by atoms with van der Waals surface area (Å²) in [4.78, 5) is 2.36. The molecule has 0 amide bonds. The van der Waals surface area contributed by atoms with Crippen molar-refractivity contribution in [1.29, 1.82) is 0 Å². The lowest BCUT2D eigenvalue weighted by Gasteiger charge is -2.33. The van der Waals surface area contributed by atoms with Crippen LogP contribution in [0.4, 0.5) is 5.69 Å². The first kappa shape index (κ1) is 10.8. The molecule has 0 aliphatic carbocycles. The molecule has 1 aromatic carbocycles. The fourth-order valence-electron chi connectivity index (χ4n) is 2.20. The molecule has 1 heterocycles. The van der Waals surface area contributed by atoms with Gasteiger partial charge in [0, 0.05) is 29.8 Å². The van der Waals surface area contributed by atoms with Crippen molar-refractivity contribution in [1.82, 2.24) is 0 Å². The van der Waals surface area contributed by atoms with E-state index in [0.29, 0.717) is 6.04 Å². The molecule has 0 radical (unpaired) electrons. The Labute approximate surface area is 96.0 Å². The summed E-state index contributed by atoms with van der Waals surface area (Å²) in [6, 6.07) is 6.37. The number of piperidine rings is 1. The van der Waals surface area contributed by atoms with E-state index < -0.39 is 0 Å². The minimum absolute atomic E-state index is 0.314. The number of rotatable bonds is 1. The Balaban J connectivity index is 2.21. The minimum atomic E-state index is 0.314. The Bertz CT molecular complexity index is 351. The highest BCUT2D eigenvalue weighted by atomic mass is 35.5. The quantitative estimate of drug-likeness (QED) is 0.795. The maximum Gasteiger partial charge on any atom is 0.0410 e. The molecule has 3 heteroatoms. The van der Waals surface area contributed by atoms with E-state index in [1.165, 1.54) is 17.7 Å². The fraction of sp³-hybridized carbons (Fsp3) is 0.500. The molecule has 0 saturated carbocycles. The maximum atomic E-state index is 5.97. The molecule has 1 atom stereocenters. The zero-order chi connectivity index (χ0) is 10.8. The molecule has 0 spiro atoms. The van der Waals surface area contributed by atoms with Crippen LogP contribution in [0.2, 0.25) is 5.02 Å². The summed E-state index contributed by atoms with van der Waals surface area (Å²) in [7, 11) is 0. The van der Waals surface area contributed by atoms with Gasteiger partial charge in [0.05, 0.1) is 0 Å². The molecular weight excluding hydrogens is 208 g/mol. The van der Waals surface area contributed by atoms with Crippen LogP contribution >= 0.6 is 11.6 Å². The number of nitrogens with two attached hydrogens (primary N) is 1. The summed E-state index contributed by atoms with van der Waals surface area (Å²) < 4.78 is 0. The second-order valence-corrected chi connectivity index (χ2v) is 4.72. The lowest BCUT2D eigenvalue weighted by atomic mass is 10.0. The SMILES string of the molecule is Cc1cc(Cl)ccc1N1CCCC(N)C1. The molecule has 1 aromatic rings. The molecule has 1 aliphatic rings. The Hall–Kier alpha value is -0.730. The topological polar surface area (TPSA) is 29.3 Å². The van der Waals surface area contributed by atoms with Crippen molar-refractivity contribution in [3.63, 3.8) is 0 Å². The zero-order valence-electron chi connectivity index (χ0n) is 9.04.